The molecule has 136 valence electrons. The Kier molecular flexibility index (Phi) is 6.95. The molecule has 0 saturated carbocycles. The van der Waals surface area contributed by atoms with Gasteiger partial charge in [-0.25, -0.2) is 9.97 Å². The smallest absolute Gasteiger partial charge is 0.133 e. The van der Waals surface area contributed by atoms with Crippen LogP contribution in [-0.4, -0.2) is 71.5 Å². The topological polar surface area (TPSA) is 61.7 Å². The zero-order chi connectivity index (χ0) is 17.7. The maximum atomic E-state index is 10.1. The zero-order valence-corrected chi connectivity index (χ0v) is 15.7. The van der Waals surface area contributed by atoms with Crippen LogP contribution in [0, 0.1) is 6.92 Å². The second-order valence-corrected chi connectivity index (χ2v) is 7.20. The Bertz CT molecular complexity index is 514. The van der Waals surface area contributed by atoms with Crippen LogP contribution in [0.15, 0.2) is 6.07 Å². The standard InChI is InChI=1S/C18H32N4O2/c1-13(2)18-19-15(5)10-17(20-18)22-8-6-21(7-9-22)11-16(23)12-24-14(3)4/h10,13-14,16,23H,6-9,11-12H2,1-5H3/t16-/m1/s1. The number of hydrogen-bond donors (Lipinski definition) is 1. The molecule has 24 heavy (non-hydrogen) atoms. The Morgan fingerprint density at radius 1 is 1.12 bits per heavy atom. The summed E-state index contributed by atoms with van der Waals surface area (Å²) in [6.07, 6.45) is -0.263. The SMILES string of the molecule is Cc1cc(N2CCN(C[C@@H](O)COC(C)C)CC2)nc(C(C)C)n1. The summed E-state index contributed by atoms with van der Waals surface area (Å²) in [4.78, 5) is 13.8. The molecule has 1 aromatic rings. The summed E-state index contributed by atoms with van der Waals surface area (Å²) in [5.41, 5.74) is 1.02. The van der Waals surface area contributed by atoms with Crippen LogP contribution in [0.5, 0.6) is 0 Å². The fourth-order valence-electron chi connectivity index (χ4n) is 2.81. The van der Waals surface area contributed by atoms with E-state index in [1.54, 1.807) is 0 Å². The molecule has 1 N–H and O–H groups in total. The first-order valence-corrected chi connectivity index (χ1v) is 8.97. The lowest BCUT2D eigenvalue weighted by Gasteiger charge is -2.36. The number of ether oxygens (including phenoxy) is 1. The van der Waals surface area contributed by atoms with Crippen molar-refractivity contribution in [3.05, 3.63) is 17.6 Å². The minimum absolute atomic E-state index is 0.160. The molecular weight excluding hydrogens is 304 g/mol. The third-order valence-corrected chi connectivity index (χ3v) is 4.16. The van der Waals surface area contributed by atoms with E-state index < -0.39 is 6.10 Å². The third-order valence-electron chi connectivity index (χ3n) is 4.16. The summed E-state index contributed by atoms with van der Waals surface area (Å²) in [5.74, 6) is 2.27. The van der Waals surface area contributed by atoms with E-state index in [0.717, 1.165) is 43.5 Å². The van der Waals surface area contributed by atoms with Crippen molar-refractivity contribution in [1.82, 2.24) is 14.9 Å². The van der Waals surface area contributed by atoms with E-state index in [9.17, 15) is 5.11 Å². The number of aryl methyl sites for hydroxylation is 1. The largest absolute Gasteiger partial charge is 0.389 e. The van der Waals surface area contributed by atoms with E-state index in [2.05, 4.69) is 34.7 Å². The highest BCUT2D eigenvalue weighted by Crippen LogP contribution is 2.18. The summed E-state index contributed by atoms with van der Waals surface area (Å²) < 4.78 is 5.48. The van der Waals surface area contributed by atoms with Gasteiger partial charge >= 0.3 is 0 Å². The number of hydrogen-bond acceptors (Lipinski definition) is 6. The first-order valence-electron chi connectivity index (χ1n) is 8.97. The average Bonchev–Trinajstić information content (AvgIpc) is 2.53. The van der Waals surface area contributed by atoms with Crippen LogP contribution < -0.4 is 4.90 Å². The fraction of sp³-hybridized carbons (Fsp3) is 0.778. The molecule has 0 radical (unpaired) electrons. The van der Waals surface area contributed by atoms with Crippen LogP contribution >= 0.6 is 0 Å². The van der Waals surface area contributed by atoms with Crippen molar-refractivity contribution in [2.45, 2.75) is 52.7 Å². The Morgan fingerprint density at radius 3 is 2.38 bits per heavy atom. The second kappa shape index (κ2) is 8.74. The first-order chi connectivity index (χ1) is 11.3. The van der Waals surface area contributed by atoms with Gasteiger partial charge in [-0.05, 0) is 20.8 Å². The van der Waals surface area contributed by atoms with Gasteiger partial charge in [-0.15, -0.1) is 0 Å². The summed E-state index contributed by atoms with van der Waals surface area (Å²) in [7, 11) is 0. The number of anilines is 1. The maximum Gasteiger partial charge on any atom is 0.133 e. The van der Waals surface area contributed by atoms with Gasteiger partial charge in [0.05, 0.1) is 18.8 Å². The molecule has 0 bridgehead atoms. The number of piperazine rings is 1. The second-order valence-electron chi connectivity index (χ2n) is 7.20. The predicted molar refractivity (Wildman–Crippen MR) is 96.6 cm³/mol. The molecular formula is C18H32N4O2. The summed E-state index contributed by atoms with van der Waals surface area (Å²) in [6.45, 7) is 15.0. The molecule has 1 aliphatic rings. The molecule has 1 fully saturated rings. The lowest BCUT2D eigenvalue weighted by molar-refractivity contribution is -0.00901. The number of β-amino-alcohol motifs (C(OH)–C–C–N with tert-alkyl or cyclic N) is 1. The lowest BCUT2D eigenvalue weighted by Crippen LogP contribution is -2.49. The predicted octanol–water partition coefficient (Wildman–Crippen LogP) is 1.82. The number of aromatic nitrogens is 2. The molecule has 1 atom stereocenters. The van der Waals surface area contributed by atoms with Gasteiger partial charge < -0.3 is 14.7 Å². The number of nitrogens with zero attached hydrogens (tertiary/aromatic N) is 4. The van der Waals surface area contributed by atoms with Crippen molar-refractivity contribution in [1.29, 1.82) is 0 Å². The van der Waals surface area contributed by atoms with Crippen molar-refractivity contribution in [3.8, 4) is 0 Å². The summed E-state index contributed by atoms with van der Waals surface area (Å²) >= 11 is 0. The van der Waals surface area contributed by atoms with Crippen molar-refractivity contribution in [3.63, 3.8) is 0 Å². The van der Waals surface area contributed by atoms with Crippen molar-refractivity contribution in [2.75, 3.05) is 44.2 Å². The number of aliphatic hydroxyl groups is 1. The van der Waals surface area contributed by atoms with Crippen molar-refractivity contribution < 1.29 is 9.84 Å². The normalized spacial score (nSPS) is 17.8. The van der Waals surface area contributed by atoms with E-state index in [1.807, 2.05) is 20.8 Å². The van der Waals surface area contributed by atoms with E-state index in [1.165, 1.54) is 0 Å². The molecule has 1 saturated heterocycles. The van der Waals surface area contributed by atoms with Gasteiger partial charge in [0.15, 0.2) is 0 Å². The Morgan fingerprint density at radius 2 is 1.79 bits per heavy atom. The molecule has 1 aliphatic heterocycles. The number of rotatable bonds is 7. The molecule has 0 aromatic carbocycles. The van der Waals surface area contributed by atoms with Gasteiger partial charge in [-0.3, -0.25) is 4.90 Å². The molecule has 1 aromatic heterocycles. The third kappa shape index (κ3) is 5.69. The summed E-state index contributed by atoms with van der Waals surface area (Å²) in [5, 5.41) is 10.1. The van der Waals surface area contributed by atoms with Gasteiger partial charge in [-0.1, -0.05) is 13.8 Å². The van der Waals surface area contributed by atoms with Crippen LogP contribution in [0.4, 0.5) is 5.82 Å². The monoisotopic (exact) mass is 336 g/mol. The van der Waals surface area contributed by atoms with Crippen LogP contribution in [0.3, 0.4) is 0 Å². The first kappa shape index (κ1) is 19.1. The van der Waals surface area contributed by atoms with E-state index >= 15 is 0 Å². The van der Waals surface area contributed by atoms with Crippen LogP contribution in [0.1, 0.15) is 45.1 Å². The zero-order valence-electron chi connectivity index (χ0n) is 15.7. The van der Waals surface area contributed by atoms with Gasteiger partial charge in [0.2, 0.25) is 0 Å². The molecule has 6 heteroatoms. The van der Waals surface area contributed by atoms with Gasteiger partial charge in [0, 0.05) is 50.4 Å². The van der Waals surface area contributed by atoms with Crippen molar-refractivity contribution >= 4 is 5.82 Å². The minimum atomic E-state index is -0.423. The molecule has 0 amide bonds. The van der Waals surface area contributed by atoms with Crippen LogP contribution in [-0.2, 0) is 4.74 Å². The summed E-state index contributed by atoms with van der Waals surface area (Å²) in [6, 6.07) is 2.06. The Labute approximate surface area is 145 Å². The van der Waals surface area contributed by atoms with Crippen LogP contribution in [0.2, 0.25) is 0 Å². The quantitative estimate of drug-likeness (QED) is 0.819. The number of aliphatic hydroxyl groups excluding tert-OH is 1. The van der Waals surface area contributed by atoms with Crippen molar-refractivity contribution in [2.24, 2.45) is 0 Å². The molecule has 6 nitrogen and oxygen atoms in total. The van der Waals surface area contributed by atoms with Gasteiger partial charge in [0.25, 0.3) is 0 Å². The average molecular weight is 336 g/mol. The molecule has 2 heterocycles. The van der Waals surface area contributed by atoms with E-state index in [0.29, 0.717) is 19.1 Å². The van der Waals surface area contributed by atoms with Gasteiger partial charge in [-0.2, -0.15) is 0 Å². The fourth-order valence-corrected chi connectivity index (χ4v) is 2.81. The lowest BCUT2D eigenvalue weighted by atomic mass is 10.2. The Hall–Kier alpha value is -1.24. The van der Waals surface area contributed by atoms with E-state index in [-0.39, 0.29) is 6.10 Å². The molecule has 0 spiro atoms. The highest BCUT2D eigenvalue weighted by atomic mass is 16.5. The highest BCUT2D eigenvalue weighted by molar-refractivity contribution is 5.40. The molecule has 2 rings (SSSR count). The minimum Gasteiger partial charge on any atom is -0.389 e. The Balaban J connectivity index is 1.86. The van der Waals surface area contributed by atoms with E-state index in [4.69, 9.17) is 9.72 Å². The van der Waals surface area contributed by atoms with Gasteiger partial charge in [0.1, 0.15) is 11.6 Å². The highest BCUT2D eigenvalue weighted by Gasteiger charge is 2.21. The molecule has 0 unspecified atom stereocenters. The maximum absolute atomic E-state index is 10.1. The van der Waals surface area contributed by atoms with Crippen LogP contribution in [0.25, 0.3) is 0 Å². The molecule has 0 aliphatic carbocycles.